The van der Waals surface area contributed by atoms with Gasteiger partial charge < -0.3 is 10.1 Å². The summed E-state index contributed by atoms with van der Waals surface area (Å²) in [5.74, 6) is 0.733. The number of rotatable bonds is 3. The van der Waals surface area contributed by atoms with E-state index in [9.17, 15) is 4.79 Å². The summed E-state index contributed by atoms with van der Waals surface area (Å²) in [5, 5.41) is 2.98. The summed E-state index contributed by atoms with van der Waals surface area (Å²) in [6, 6.07) is 5.33. The molecule has 13 heavy (non-hydrogen) atoms. The van der Waals surface area contributed by atoms with E-state index in [4.69, 9.17) is 4.74 Å². The summed E-state index contributed by atoms with van der Waals surface area (Å²) < 4.78 is 5.11. The van der Waals surface area contributed by atoms with Gasteiger partial charge in [-0.05, 0) is 25.1 Å². The average Bonchev–Trinajstić information content (AvgIpc) is 2.16. The summed E-state index contributed by atoms with van der Waals surface area (Å²) in [7, 11) is 3.39. The van der Waals surface area contributed by atoms with E-state index in [-0.39, 0.29) is 5.78 Å². The number of ketones is 1. The third-order valence-corrected chi connectivity index (χ3v) is 1.88. The van der Waals surface area contributed by atoms with Crippen LogP contribution in [-0.4, -0.2) is 19.9 Å². The highest BCUT2D eigenvalue weighted by Gasteiger charge is 2.04. The maximum atomic E-state index is 11.0. The van der Waals surface area contributed by atoms with E-state index in [1.807, 2.05) is 13.1 Å². The molecule has 0 saturated heterocycles. The lowest BCUT2D eigenvalue weighted by Gasteiger charge is -2.08. The normalized spacial score (nSPS) is 9.46. The summed E-state index contributed by atoms with van der Waals surface area (Å²) in [6.45, 7) is 1.54. The van der Waals surface area contributed by atoms with E-state index in [0.717, 1.165) is 5.69 Å². The molecule has 0 saturated carbocycles. The predicted molar refractivity (Wildman–Crippen MR) is 52.5 cm³/mol. The minimum absolute atomic E-state index is 0.0425. The minimum Gasteiger partial charge on any atom is -0.495 e. The van der Waals surface area contributed by atoms with Crippen LogP contribution in [0.25, 0.3) is 0 Å². The maximum Gasteiger partial charge on any atom is 0.159 e. The average molecular weight is 179 g/mol. The molecule has 0 heterocycles. The first-order valence-electron chi connectivity index (χ1n) is 4.05. The zero-order valence-corrected chi connectivity index (χ0v) is 8.05. The van der Waals surface area contributed by atoms with Crippen LogP contribution in [0.15, 0.2) is 18.2 Å². The zero-order valence-electron chi connectivity index (χ0n) is 8.05. The lowest BCUT2D eigenvalue weighted by Crippen LogP contribution is -1.97. The van der Waals surface area contributed by atoms with E-state index in [0.29, 0.717) is 11.3 Å². The van der Waals surface area contributed by atoms with E-state index in [1.54, 1.807) is 19.2 Å². The number of anilines is 1. The fraction of sp³-hybridized carbons (Fsp3) is 0.300. The largest absolute Gasteiger partial charge is 0.495 e. The van der Waals surface area contributed by atoms with Crippen molar-refractivity contribution in [1.29, 1.82) is 0 Å². The monoisotopic (exact) mass is 179 g/mol. The molecule has 3 nitrogen and oxygen atoms in total. The van der Waals surface area contributed by atoms with E-state index < -0.39 is 0 Å². The maximum absolute atomic E-state index is 11.0. The van der Waals surface area contributed by atoms with Crippen molar-refractivity contribution in [2.75, 3.05) is 19.5 Å². The predicted octanol–water partition coefficient (Wildman–Crippen LogP) is 1.94. The summed E-state index contributed by atoms with van der Waals surface area (Å²) in [5.41, 5.74) is 1.54. The van der Waals surface area contributed by atoms with Crippen molar-refractivity contribution in [3.63, 3.8) is 0 Å². The van der Waals surface area contributed by atoms with Crippen LogP contribution in [0.2, 0.25) is 0 Å². The Balaban J connectivity index is 3.13. The number of benzene rings is 1. The van der Waals surface area contributed by atoms with Crippen molar-refractivity contribution in [3.8, 4) is 5.75 Å². The summed E-state index contributed by atoms with van der Waals surface area (Å²) in [4.78, 5) is 11.0. The molecule has 0 aromatic heterocycles. The van der Waals surface area contributed by atoms with Gasteiger partial charge in [0.1, 0.15) is 5.75 Å². The van der Waals surface area contributed by atoms with Gasteiger partial charge in [0.15, 0.2) is 5.78 Å². The molecule has 0 atom stereocenters. The second kappa shape index (κ2) is 3.94. The van der Waals surface area contributed by atoms with Gasteiger partial charge in [0.05, 0.1) is 12.8 Å². The van der Waals surface area contributed by atoms with E-state index in [1.165, 1.54) is 6.92 Å². The van der Waals surface area contributed by atoms with Gasteiger partial charge in [-0.1, -0.05) is 0 Å². The first-order chi connectivity index (χ1) is 6.19. The highest BCUT2D eigenvalue weighted by molar-refractivity contribution is 5.95. The Kier molecular flexibility index (Phi) is 2.90. The van der Waals surface area contributed by atoms with Crippen molar-refractivity contribution in [2.45, 2.75) is 6.92 Å². The van der Waals surface area contributed by atoms with Crippen molar-refractivity contribution in [2.24, 2.45) is 0 Å². The lowest BCUT2D eigenvalue weighted by atomic mass is 10.1. The smallest absolute Gasteiger partial charge is 0.159 e. The van der Waals surface area contributed by atoms with Gasteiger partial charge in [-0.2, -0.15) is 0 Å². The molecule has 1 N–H and O–H groups in total. The van der Waals surface area contributed by atoms with Crippen molar-refractivity contribution < 1.29 is 9.53 Å². The number of Topliss-reactive ketones (excluding diaryl/α,β-unsaturated/α-hetero) is 1. The number of nitrogens with one attached hydrogen (secondary N) is 1. The Bertz CT molecular complexity index is 321. The third kappa shape index (κ3) is 1.99. The topological polar surface area (TPSA) is 38.3 Å². The van der Waals surface area contributed by atoms with Crippen molar-refractivity contribution in [3.05, 3.63) is 23.8 Å². The molecule has 0 radical (unpaired) electrons. The van der Waals surface area contributed by atoms with Gasteiger partial charge >= 0.3 is 0 Å². The van der Waals surface area contributed by atoms with Gasteiger partial charge in [0, 0.05) is 12.6 Å². The van der Waals surface area contributed by atoms with Crippen LogP contribution >= 0.6 is 0 Å². The number of hydrogen-bond acceptors (Lipinski definition) is 3. The standard InChI is InChI=1S/C10H13NO2/c1-7(12)8-4-5-9(11-2)10(6-8)13-3/h4-6,11H,1-3H3. The van der Waals surface area contributed by atoms with Crippen LogP contribution in [0.5, 0.6) is 5.75 Å². The molecule has 0 aliphatic heterocycles. The molecule has 70 valence electrons. The van der Waals surface area contributed by atoms with Gasteiger partial charge in [-0.3, -0.25) is 4.79 Å². The number of methoxy groups -OCH3 is 1. The van der Waals surface area contributed by atoms with Crippen LogP contribution < -0.4 is 10.1 Å². The molecule has 0 fully saturated rings. The quantitative estimate of drug-likeness (QED) is 0.720. The Hall–Kier alpha value is -1.51. The molecule has 0 unspecified atom stereocenters. The minimum atomic E-state index is 0.0425. The van der Waals surface area contributed by atoms with Gasteiger partial charge in [-0.25, -0.2) is 0 Å². The molecule has 0 aliphatic rings. The molecular formula is C10H13NO2. The third-order valence-electron chi connectivity index (χ3n) is 1.88. The number of hydrogen-bond donors (Lipinski definition) is 1. The molecule has 0 amide bonds. The fourth-order valence-electron chi connectivity index (χ4n) is 1.12. The Morgan fingerprint density at radius 1 is 1.46 bits per heavy atom. The van der Waals surface area contributed by atoms with Gasteiger partial charge in [0.2, 0.25) is 0 Å². The number of carbonyl (C=O) groups is 1. The zero-order chi connectivity index (χ0) is 9.84. The van der Waals surface area contributed by atoms with Gasteiger partial charge in [0.25, 0.3) is 0 Å². The highest BCUT2D eigenvalue weighted by atomic mass is 16.5. The second-order valence-corrected chi connectivity index (χ2v) is 2.72. The first-order valence-corrected chi connectivity index (χ1v) is 4.05. The molecule has 0 aliphatic carbocycles. The Morgan fingerprint density at radius 3 is 2.62 bits per heavy atom. The van der Waals surface area contributed by atoms with Crippen LogP contribution in [0.4, 0.5) is 5.69 Å². The summed E-state index contributed by atoms with van der Waals surface area (Å²) >= 11 is 0. The van der Waals surface area contributed by atoms with Crippen LogP contribution in [-0.2, 0) is 0 Å². The lowest BCUT2D eigenvalue weighted by molar-refractivity contribution is 0.101. The molecule has 3 heteroatoms. The van der Waals surface area contributed by atoms with Crippen LogP contribution in [0.3, 0.4) is 0 Å². The molecular weight excluding hydrogens is 166 g/mol. The Labute approximate surface area is 77.7 Å². The first kappa shape index (κ1) is 9.58. The van der Waals surface area contributed by atoms with Crippen molar-refractivity contribution >= 4 is 11.5 Å². The van der Waals surface area contributed by atoms with E-state index in [2.05, 4.69) is 5.32 Å². The van der Waals surface area contributed by atoms with E-state index >= 15 is 0 Å². The Morgan fingerprint density at radius 2 is 2.15 bits per heavy atom. The van der Waals surface area contributed by atoms with Crippen LogP contribution in [0.1, 0.15) is 17.3 Å². The number of carbonyl (C=O) groups excluding carboxylic acids is 1. The SMILES string of the molecule is CNc1ccc(C(C)=O)cc1OC. The number of ether oxygens (including phenoxy) is 1. The molecule has 1 aromatic carbocycles. The molecule has 0 bridgehead atoms. The molecule has 1 aromatic rings. The molecule has 1 rings (SSSR count). The summed E-state index contributed by atoms with van der Waals surface area (Å²) in [6.07, 6.45) is 0. The second-order valence-electron chi connectivity index (χ2n) is 2.72. The van der Waals surface area contributed by atoms with Gasteiger partial charge in [-0.15, -0.1) is 0 Å². The van der Waals surface area contributed by atoms with Crippen LogP contribution in [0, 0.1) is 0 Å². The fourth-order valence-corrected chi connectivity index (χ4v) is 1.12. The molecule has 0 spiro atoms. The highest BCUT2D eigenvalue weighted by Crippen LogP contribution is 2.24. The van der Waals surface area contributed by atoms with Crippen molar-refractivity contribution in [1.82, 2.24) is 0 Å².